The number of nitrogens with one attached hydrogen (secondary N) is 2. The quantitative estimate of drug-likeness (QED) is 0.713. The summed E-state index contributed by atoms with van der Waals surface area (Å²) < 4.78 is 2.96. The van der Waals surface area contributed by atoms with Crippen LogP contribution in [0.3, 0.4) is 0 Å². The summed E-state index contributed by atoms with van der Waals surface area (Å²) in [5, 5.41) is 17.2. The number of hydrogen-bond donors (Lipinski definition) is 2. The van der Waals surface area contributed by atoms with Crippen molar-refractivity contribution in [3.05, 3.63) is 36.2 Å². The third-order valence-electron chi connectivity index (χ3n) is 3.26. The number of benzene rings is 1. The van der Waals surface area contributed by atoms with Crippen LogP contribution in [0.15, 0.2) is 30.5 Å². The van der Waals surface area contributed by atoms with E-state index in [1.807, 2.05) is 24.3 Å². The molecule has 0 aliphatic rings. The smallest absolute Gasteiger partial charge is 0.273 e. The monoisotopic (exact) mass is 313 g/mol. The second-order valence-corrected chi connectivity index (χ2v) is 4.93. The Hall–Kier alpha value is -3.23. The van der Waals surface area contributed by atoms with E-state index in [1.54, 1.807) is 13.2 Å². The lowest BCUT2D eigenvalue weighted by molar-refractivity contribution is -0.116. The zero-order chi connectivity index (χ0) is 16.4. The molecule has 2 amide bonds. The molecule has 1 aromatic carbocycles. The number of para-hydroxylation sites is 1. The topological polar surface area (TPSA) is 107 Å². The number of aromatic nitrogens is 5. The Balaban J connectivity index is 1.79. The second kappa shape index (κ2) is 5.87. The lowest BCUT2D eigenvalue weighted by atomic mass is 10.3. The number of rotatable bonds is 4. The third-order valence-corrected chi connectivity index (χ3v) is 3.26. The fraction of sp³-hybridized carbons (Fsp3) is 0.214. The molecular formula is C14H15N7O2. The summed E-state index contributed by atoms with van der Waals surface area (Å²) in [6.07, 6.45) is 1.57. The molecule has 0 radical (unpaired) electrons. The number of aryl methyl sites for hydroxylation is 1. The van der Waals surface area contributed by atoms with Gasteiger partial charge in [0.1, 0.15) is 12.1 Å². The molecular weight excluding hydrogens is 298 g/mol. The highest BCUT2D eigenvalue weighted by atomic mass is 16.2. The molecule has 2 N–H and O–H groups in total. The second-order valence-electron chi connectivity index (χ2n) is 4.93. The molecule has 0 fully saturated rings. The van der Waals surface area contributed by atoms with Crippen LogP contribution in [-0.2, 0) is 18.4 Å². The molecule has 9 heteroatoms. The highest BCUT2D eigenvalue weighted by Crippen LogP contribution is 2.14. The van der Waals surface area contributed by atoms with Crippen LogP contribution in [0, 0.1) is 0 Å². The molecule has 0 atom stereocenters. The van der Waals surface area contributed by atoms with E-state index in [1.165, 1.54) is 16.4 Å². The molecule has 23 heavy (non-hydrogen) atoms. The summed E-state index contributed by atoms with van der Waals surface area (Å²) in [6, 6.07) is 7.36. The predicted molar refractivity (Wildman–Crippen MR) is 82.8 cm³/mol. The Bertz CT molecular complexity index is 880. The van der Waals surface area contributed by atoms with Crippen LogP contribution >= 0.6 is 0 Å². The summed E-state index contributed by atoms with van der Waals surface area (Å²) in [5.74, 6) is -0.689. The van der Waals surface area contributed by atoms with Crippen molar-refractivity contribution < 1.29 is 9.59 Å². The highest BCUT2D eigenvalue weighted by Gasteiger charge is 2.17. The number of amides is 2. The molecule has 0 unspecified atom stereocenters. The summed E-state index contributed by atoms with van der Waals surface area (Å²) in [5.41, 5.74) is 1.99. The van der Waals surface area contributed by atoms with E-state index in [0.717, 1.165) is 5.52 Å². The van der Waals surface area contributed by atoms with E-state index in [2.05, 4.69) is 26.0 Å². The average molecular weight is 313 g/mol. The molecule has 0 aliphatic heterocycles. The zero-order valence-corrected chi connectivity index (χ0v) is 12.6. The van der Waals surface area contributed by atoms with Crippen molar-refractivity contribution in [1.29, 1.82) is 0 Å². The maximum absolute atomic E-state index is 12.2. The van der Waals surface area contributed by atoms with E-state index >= 15 is 0 Å². The van der Waals surface area contributed by atoms with E-state index in [0.29, 0.717) is 11.2 Å². The maximum Gasteiger partial charge on any atom is 0.273 e. The number of nitrogens with zero attached hydrogens (tertiary/aromatic N) is 5. The van der Waals surface area contributed by atoms with Gasteiger partial charge in [-0.1, -0.05) is 17.3 Å². The first-order valence-electron chi connectivity index (χ1n) is 6.92. The van der Waals surface area contributed by atoms with E-state index < -0.39 is 0 Å². The fourth-order valence-corrected chi connectivity index (χ4v) is 2.23. The molecule has 2 heterocycles. The van der Waals surface area contributed by atoms with Crippen molar-refractivity contribution in [3.8, 4) is 0 Å². The summed E-state index contributed by atoms with van der Waals surface area (Å²) in [7, 11) is 3.18. The standard InChI is InChI=1S/C14H15N7O2/c1-15-14(23)13-10(7-20(2)18-13)16-12(22)8-21-11-6-4-3-5-9(11)17-19-21/h3-7H,8H2,1-2H3,(H,15,23)(H,16,22). The molecule has 0 saturated carbocycles. The van der Waals surface area contributed by atoms with Crippen LogP contribution in [0.2, 0.25) is 0 Å². The van der Waals surface area contributed by atoms with Gasteiger partial charge in [0.25, 0.3) is 5.91 Å². The van der Waals surface area contributed by atoms with Gasteiger partial charge in [0.15, 0.2) is 5.69 Å². The first kappa shape index (κ1) is 14.7. The van der Waals surface area contributed by atoms with Crippen molar-refractivity contribution in [2.45, 2.75) is 6.54 Å². The average Bonchev–Trinajstić information content (AvgIpc) is 3.10. The molecule has 9 nitrogen and oxygen atoms in total. The lowest BCUT2D eigenvalue weighted by Gasteiger charge is -2.05. The van der Waals surface area contributed by atoms with Gasteiger partial charge in [-0.2, -0.15) is 5.10 Å². The molecule has 0 bridgehead atoms. The van der Waals surface area contributed by atoms with Crippen molar-refractivity contribution in [3.63, 3.8) is 0 Å². The van der Waals surface area contributed by atoms with Crippen LogP contribution in [0.4, 0.5) is 5.69 Å². The number of anilines is 1. The Morgan fingerprint density at radius 1 is 1.26 bits per heavy atom. The third kappa shape index (κ3) is 2.89. The minimum atomic E-state index is -0.368. The van der Waals surface area contributed by atoms with Gasteiger partial charge in [0, 0.05) is 20.3 Å². The van der Waals surface area contributed by atoms with Crippen molar-refractivity contribution in [2.24, 2.45) is 7.05 Å². The number of carbonyl (C=O) groups excluding carboxylic acids is 2. The molecule has 0 saturated heterocycles. The highest BCUT2D eigenvalue weighted by molar-refractivity contribution is 6.02. The summed E-state index contributed by atoms with van der Waals surface area (Å²) in [4.78, 5) is 24.0. The largest absolute Gasteiger partial charge is 0.354 e. The van der Waals surface area contributed by atoms with Gasteiger partial charge in [-0.25, -0.2) is 4.68 Å². The number of fused-ring (bicyclic) bond motifs is 1. The van der Waals surface area contributed by atoms with E-state index in [-0.39, 0.29) is 24.1 Å². The predicted octanol–water partition coefficient (Wildman–Crippen LogP) is 0.163. The molecule has 3 aromatic rings. The van der Waals surface area contributed by atoms with Gasteiger partial charge in [0.2, 0.25) is 5.91 Å². The van der Waals surface area contributed by atoms with Crippen LogP contribution < -0.4 is 10.6 Å². The van der Waals surface area contributed by atoms with E-state index in [9.17, 15) is 9.59 Å². The zero-order valence-electron chi connectivity index (χ0n) is 12.6. The van der Waals surface area contributed by atoms with Crippen molar-refractivity contribution in [2.75, 3.05) is 12.4 Å². The Kier molecular flexibility index (Phi) is 3.75. The normalized spacial score (nSPS) is 10.7. The Labute approximate surface area is 131 Å². The van der Waals surface area contributed by atoms with Crippen LogP contribution in [0.1, 0.15) is 10.5 Å². The van der Waals surface area contributed by atoms with Gasteiger partial charge in [0.05, 0.1) is 11.2 Å². The van der Waals surface area contributed by atoms with Gasteiger partial charge in [-0.05, 0) is 12.1 Å². The van der Waals surface area contributed by atoms with Crippen LogP contribution in [-0.4, -0.2) is 43.6 Å². The molecule has 0 spiro atoms. The first-order chi connectivity index (χ1) is 11.1. The summed E-state index contributed by atoms with van der Waals surface area (Å²) in [6.45, 7) is -0.0113. The van der Waals surface area contributed by atoms with Crippen molar-refractivity contribution >= 4 is 28.5 Å². The minimum absolute atomic E-state index is 0.0113. The molecule has 3 rings (SSSR count). The Morgan fingerprint density at radius 3 is 2.83 bits per heavy atom. The van der Waals surface area contributed by atoms with Gasteiger partial charge >= 0.3 is 0 Å². The number of carbonyl (C=O) groups is 2. The Morgan fingerprint density at radius 2 is 2.04 bits per heavy atom. The van der Waals surface area contributed by atoms with Crippen LogP contribution in [0.25, 0.3) is 11.0 Å². The van der Waals surface area contributed by atoms with Gasteiger partial charge in [-0.15, -0.1) is 5.10 Å². The van der Waals surface area contributed by atoms with Crippen LogP contribution in [0.5, 0.6) is 0 Å². The van der Waals surface area contributed by atoms with Crippen molar-refractivity contribution in [1.82, 2.24) is 30.1 Å². The van der Waals surface area contributed by atoms with Gasteiger partial charge in [-0.3, -0.25) is 14.3 Å². The SMILES string of the molecule is CNC(=O)c1nn(C)cc1NC(=O)Cn1nnc2ccccc21. The van der Waals surface area contributed by atoms with E-state index in [4.69, 9.17) is 0 Å². The summed E-state index contributed by atoms with van der Waals surface area (Å²) >= 11 is 0. The van der Waals surface area contributed by atoms with Gasteiger partial charge < -0.3 is 10.6 Å². The first-order valence-corrected chi connectivity index (χ1v) is 6.92. The molecule has 2 aromatic heterocycles. The molecule has 118 valence electrons. The maximum atomic E-state index is 12.2. The lowest BCUT2D eigenvalue weighted by Crippen LogP contribution is -2.23. The fourth-order valence-electron chi connectivity index (χ4n) is 2.23. The number of hydrogen-bond acceptors (Lipinski definition) is 5. The minimum Gasteiger partial charge on any atom is -0.354 e. The molecule has 0 aliphatic carbocycles.